The summed E-state index contributed by atoms with van der Waals surface area (Å²) in [6, 6.07) is 25.8. The first kappa shape index (κ1) is 20.3. The Bertz CT molecular complexity index is 857. The van der Waals surface area contributed by atoms with Crippen LogP contribution < -0.4 is 14.8 Å². The molecule has 0 radical (unpaired) electrons. The third-order valence-corrected chi connectivity index (χ3v) is 5.32. The van der Waals surface area contributed by atoms with Crippen LogP contribution in [0.1, 0.15) is 5.56 Å². The Labute approximate surface area is 170 Å². The number of hydrogen-bond acceptors (Lipinski definition) is 5. The number of para-hydroxylation sites is 2. The Morgan fingerprint density at radius 3 is 2.36 bits per heavy atom. The fourth-order valence-corrected chi connectivity index (χ4v) is 3.77. The van der Waals surface area contributed by atoms with E-state index in [1.807, 2.05) is 60.7 Å². The highest BCUT2D eigenvalue weighted by Gasteiger charge is 2.09. The van der Waals surface area contributed by atoms with Crippen molar-refractivity contribution < 1.29 is 14.6 Å². The minimum absolute atomic E-state index is 0.259. The summed E-state index contributed by atoms with van der Waals surface area (Å²) >= 11 is 1.68. The molecule has 5 heteroatoms. The molecule has 0 aromatic heterocycles. The van der Waals surface area contributed by atoms with Crippen LogP contribution in [0.5, 0.6) is 11.5 Å². The molecule has 0 amide bonds. The van der Waals surface area contributed by atoms with E-state index in [1.165, 1.54) is 5.56 Å². The van der Waals surface area contributed by atoms with Gasteiger partial charge >= 0.3 is 0 Å². The molecule has 0 aliphatic rings. The molecule has 0 spiro atoms. The maximum absolute atomic E-state index is 10.2. The lowest BCUT2D eigenvalue weighted by atomic mass is 10.2. The fourth-order valence-electron chi connectivity index (χ4n) is 2.71. The number of hydrogen-bond donors (Lipinski definition) is 2. The van der Waals surface area contributed by atoms with Crippen molar-refractivity contribution in [3.8, 4) is 11.5 Å². The van der Waals surface area contributed by atoms with Crippen LogP contribution in [0.4, 0.5) is 0 Å². The molecule has 3 aromatic rings. The minimum atomic E-state index is -0.575. The van der Waals surface area contributed by atoms with Gasteiger partial charge in [0.1, 0.15) is 24.2 Å². The average Bonchev–Trinajstić information content (AvgIpc) is 2.74. The van der Waals surface area contributed by atoms with Gasteiger partial charge in [0.05, 0.1) is 12.0 Å². The zero-order chi connectivity index (χ0) is 19.6. The maximum atomic E-state index is 10.2. The SMILES string of the molecule is COc1ccccc1Sc1ccccc1CNCC(O)COc1ccccc1. The van der Waals surface area contributed by atoms with Gasteiger partial charge in [-0.1, -0.05) is 60.3 Å². The first-order chi connectivity index (χ1) is 13.8. The summed E-state index contributed by atoms with van der Waals surface area (Å²) in [5, 5.41) is 13.5. The Morgan fingerprint density at radius 1 is 0.893 bits per heavy atom. The van der Waals surface area contributed by atoms with E-state index in [4.69, 9.17) is 9.47 Å². The Kier molecular flexibility index (Phi) is 7.79. The van der Waals surface area contributed by atoms with Crippen molar-refractivity contribution in [1.29, 1.82) is 0 Å². The topological polar surface area (TPSA) is 50.7 Å². The lowest BCUT2D eigenvalue weighted by Crippen LogP contribution is -2.31. The van der Waals surface area contributed by atoms with E-state index in [9.17, 15) is 5.11 Å². The molecule has 0 fully saturated rings. The van der Waals surface area contributed by atoms with Crippen LogP contribution in [0.15, 0.2) is 88.7 Å². The molecule has 146 valence electrons. The van der Waals surface area contributed by atoms with Gasteiger partial charge in [0, 0.05) is 18.0 Å². The van der Waals surface area contributed by atoms with Crippen molar-refractivity contribution in [3.63, 3.8) is 0 Å². The second kappa shape index (κ2) is 10.8. The second-order valence-corrected chi connectivity index (χ2v) is 7.35. The summed E-state index contributed by atoms with van der Waals surface area (Å²) in [6.07, 6.45) is -0.575. The Hall–Kier alpha value is -2.47. The molecule has 1 unspecified atom stereocenters. The van der Waals surface area contributed by atoms with Crippen molar-refractivity contribution in [3.05, 3.63) is 84.4 Å². The molecule has 0 aliphatic heterocycles. The average molecular weight is 396 g/mol. The van der Waals surface area contributed by atoms with E-state index in [-0.39, 0.29) is 6.61 Å². The predicted molar refractivity (Wildman–Crippen MR) is 113 cm³/mol. The van der Waals surface area contributed by atoms with Crippen molar-refractivity contribution in [1.82, 2.24) is 5.32 Å². The highest BCUT2D eigenvalue weighted by atomic mass is 32.2. The minimum Gasteiger partial charge on any atom is -0.496 e. The Morgan fingerprint density at radius 2 is 1.57 bits per heavy atom. The number of nitrogens with one attached hydrogen (secondary N) is 1. The molecule has 0 aliphatic carbocycles. The second-order valence-electron chi connectivity index (χ2n) is 6.27. The van der Waals surface area contributed by atoms with Crippen molar-refractivity contribution in [2.45, 2.75) is 22.4 Å². The standard InChI is InChI=1S/C23H25NO3S/c1-26-21-12-6-8-14-23(21)28-22-13-7-5-9-18(22)15-24-16-19(25)17-27-20-10-3-2-4-11-20/h2-14,19,24-25H,15-17H2,1H3. The van der Waals surface area contributed by atoms with Crippen LogP contribution in [0.3, 0.4) is 0 Å². The molecule has 4 nitrogen and oxygen atoms in total. The molecule has 1 atom stereocenters. The number of benzene rings is 3. The van der Waals surface area contributed by atoms with Gasteiger partial charge in [-0.05, 0) is 35.9 Å². The van der Waals surface area contributed by atoms with Gasteiger partial charge in [0.2, 0.25) is 0 Å². The van der Waals surface area contributed by atoms with Gasteiger partial charge in [-0.15, -0.1) is 0 Å². The molecule has 0 heterocycles. The molecule has 3 rings (SSSR count). The molecule has 0 bridgehead atoms. The first-order valence-corrected chi connectivity index (χ1v) is 10.0. The third-order valence-electron chi connectivity index (χ3n) is 4.14. The van der Waals surface area contributed by atoms with Crippen LogP contribution in [0.2, 0.25) is 0 Å². The van der Waals surface area contributed by atoms with E-state index in [2.05, 4.69) is 23.5 Å². The van der Waals surface area contributed by atoms with Gasteiger partial charge < -0.3 is 19.9 Å². The van der Waals surface area contributed by atoms with E-state index in [0.29, 0.717) is 13.1 Å². The third kappa shape index (κ3) is 6.02. The lowest BCUT2D eigenvalue weighted by molar-refractivity contribution is 0.106. The molecule has 2 N–H and O–H groups in total. The highest BCUT2D eigenvalue weighted by Crippen LogP contribution is 2.36. The van der Waals surface area contributed by atoms with Crippen LogP contribution in [0.25, 0.3) is 0 Å². The van der Waals surface area contributed by atoms with Gasteiger partial charge in [-0.25, -0.2) is 0 Å². The molecular formula is C23H25NO3S. The molecule has 3 aromatic carbocycles. The van der Waals surface area contributed by atoms with Gasteiger partial charge in [-0.2, -0.15) is 0 Å². The number of aliphatic hydroxyl groups excluding tert-OH is 1. The van der Waals surface area contributed by atoms with Crippen LogP contribution >= 0.6 is 11.8 Å². The monoisotopic (exact) mass is 395 g/mol. The summed E-state index contributed by atoms with van der Waals surface area (Å²) < 4.78 is 11.0. The maximum Gasteiger partial charge on any atom is 0.132 e. The summed E-state index contributed by atoms with van der Waals surface area (Å²) in [5.41, 5.74) is 1.18. The molecular weight excluding hydrogens is 370 g/mol. The van der Waals surface area contributed by atoms with Crippen LogP contribution in [-0.4, -0.2) is 31.5 Å². The van der Waals surface area contributed by atoms with E-state index in [1.54, 1.807) is 18.9 Å². The normalized spacial score (nSPS) is 11.8. The number of methoxy groups -OCH3 is 1. The van der Waals surface area contributed by atoms with Crippen LogP contribution in [-0.2, 0) is 6.54 Å². The van der Waals surface area contributed by atoms with Crippen LogP contribution in [0, 0.1) is 0 Å². The lowest BCUT2D eigenvalue weighted by Gasteiger charge is -2.15. The zero-order valence-corrected chi connectivity index (χ0v) is 16.7. The van der Waals surface area contributed by atoms with Crippen molar-refractivity contribution >= 4 is 11.8 Å². The largest absolute Gasteiger partial charge is 0.496 e. The predicted octanol–water partition coefficient (Wildman–Crippen LogP) is 4.38. The smallest absolute Gasteiger partial charge is 0.132 e. The fraction of sp³-hybridized carbons (Fsp3) is 0.217. The quantitative estimate of drug-likeness (QED) is 0.534. The Balaban J connectivity index is 1.52. The summed E-state index contributed by atoms with van der Waals surface area (Å²) in [4.78, 5) is 2.24. The molecule has 0 saturated carbocycles. The summed E-state index contributed by atoms with van der Waals surface area (Å²) in [6.45, 7) is 1.38. The summed E-state index contributed by atoms with van der Waals surface area (Å²) in [5.74, 6) is 1.63. The van der Waals surface area contributed by atoms with Crippen molar-refractivity contribution in [2.75, 3.05) is 20.3 Å². The summed E-state index contributed by atoms with van der Waals surface area (Å²) in [7, 11) is 1.69. The molecule has 0 saturated heterocycles. The van der Waals surface area contributed by atoms with E-state index in [0.717, 1.165) is 21.3 Å². The van der Waals surface area contributed by atoms with Gasteiger partial charge in [0.15, 0.2) is 0 Å². The number of ether oxygens (including phenoxy) is 2. The number of aliphatic hydroxyl groups is 1. The highest BCUT2D eigenvalue weighted by molar-refractivity contribution is 7.99. The van der Waals surface area contributed by atoms with Crippen molar-refractivity contribution in [2.24, 2.45) is 0 Å². The first-order valence-electron chi connectivity index (χ1n) is 9.21. The van der Waals surface area contributed by atoms with Gasteiger partial charge in [0.25, 0.3) is 0 Å². The number of rotatable bonds is 10. The van der Waals surface area contributed by atoms with Gasteiger partial charge in [-0.3, -0.25) is 0 Å². The van der Waals surface area contributed by atoms with E-state index < -0.39 is 6.10 Å². The van der Waals surface area contributed by atoms with E-state index >= 15 is 0 Å². The zero-order valence-electron chi connectivity index (χ0n) is 15.9. The molecule has 28 heavy (non-hydrogen) atoms.